The van der Waals surface area contributed by atoms with E-state index in [0.717, 1.165) is 5.56 Å². The Bertz CT molecular complexity index is 437. The maximum Gasteiger partial charge on any atom is 1.00 e. The molecule has 0 saturated carbocycles. The normalized spacial score (nSPS) is 10.4. The molecule has 0 saturated heterocycles. The van der Waals surface area contributed by atoms with Crippen molar-refractivity contribution in [1.29, 1.82) is 0 Å². The third kappa shape index (κ3) is 3.22. The van der Waals surface area contributed by atoms with Gasteiger partial charge in [-0.25, -0.2) is 8.42 Å². The van der Waals surface area contributed by atoms with Gasteiger partial charge in [0, 0.05) is 0 Å². The zero-order valence-electron chi connectivity index (χ0n) is 8.15. The molecule has 0 aliphatic carbocycles. The van der Waals surface area contributed by atoms with Crippen molar-refractivity contribution in [3.8, 4) is 0 Å². The molecule has 1 aromatic rings. The minimum absolute atomic E-state index is 0. The molecule has 14 heavy (non-hydrogen) atoms. The van der Waals surface area contributed by atoms with E-state index < -0.39 is 10.1 Å². The van der Waals surface area contributed by atoms with Crippen LogP contribution in [0.2, 0.25) is 0 Å². The molecule has 0 atom stereocenters. The molecule has 1 aromatic carbocycles. The molecule has 0 bridgehead atoms. The zero-order chi connectivity index (χ0) is 10.1. The topological polar surface area (TPSA) is 57.2 Å². The van der Waals surface area contributed by atoms with Crippen LogP contribution in [0.25, 0.3) is 6.08 Å². The monoisotopic (exact) mass is 220 g/mol. The number of hydrogen-bond donors (Lipinski definition) is 0. The Morgan fingerprint density at radius 3 is 2.36 bits per heavy atom. The van der Waals surface area contributed by atoms with Gasteiger partial charge in [0.15, 0.2) is 0 Å². The van der Waals surface area contributed by atoms with Gasteiger partial charge >= 0.3 is 29.6 Å². The smallest absolute Gasteiger partial charge is 0.744 e. The van der Waals surface area contributed by atoms with Crippen molar-refractivity contribution in [1.82, 2.24) is 0 Å². The molecule has 0 aliphatic rings. The van der Waals surface area contributed by atoms with E-state index in [1.807, 2.05) is 0 Å². The van der Waals surface area contributed by atoms with E-state index in [-0.39, 0.29) is 34.5 Å². The molecule has 0 N–H and O–H groups in total. The predicted octanol–water partition coefficient (Wildman–Crippen LogP) is -1.45. The molecule has 0 aliphatic heterocycles. The Balaban J connectivity index is 0.00000169. The number of rotatable bonds is 2. The molecule has 0 amide bonds. The molecular weight excluding hydrogens is 211 g/mol. The van der Waals surface area contributed by atoms with Gasteiger partial charge in [-0.1, -0.05) is 24.8 Å². The second-order valence-electron chi connectivity index (χ2n) is 2.68. The van der Waals surface area contributed by atoms with Crippen molar-refractivity contribution in [2.24, 2.45) is 0 Å². The summed E-state index contributed by atoms with van der Waals surface area (Å²) in [6, 6.07) is 4.46. The van der Waals surface area contributed by atoms with Gasteiger partial charge in [-0.15, -0.1) is 0 Å². The fourth-order valence-corrected chi connectivity index (χ4v) is 1.77. The largest absolute Gasteiger partial charge is 1.00 e. The number of aryl methyl sites for hydroxylation is 1. The van der Waals surface area contributed by atoms with Crippen LogP contribution in [0, 0.1) is 6.92 Å². The van der Waals surface area contributed by atoms with Crippen molar-refractivity contribution in [2.45, 2.75) is 11.8 Å². The Morgan fingerprint density at radius 1 is 1.43 bits per heavy atom. The van der Waals surface area contributed by atoms with Crippen LogP contribution in [0.3, 0.4) is 0 Å². The molecule has 5 heteroatoms. The minimum Gasteiger partial charge on any atom is -0.744 e. The Morgan fingerprint density at radius 2 is 2.00 bits per heavy atom. The van der Waals surface area contributed by atoms with Crippen LogP contribution in [0.4, 0.5) is 0 Å². The van der Waals surface area contributed by atoms with Crippen molar-refractivity contribution in [3.05, 3.63) is 35.9 Å². The molecule has 3 nitrogen and oxygen atoms in total. The summed E-state index contributed by atoms with van der Waals surface area (Å²) in [6.45, 7) is 5.12. The number of benzene rings is 1. The Labute approximate surface area is 106 Å². The molecule has 0 spiro atoms. The first kappa shape index (κ1) is 13.9. The average molecular weight is 220 g/mol. The molecule has 0 radical (unpaired) electrons. The molecule has 0 aromatic heterocycles. The van der Waals surface area contributed by atoms with Crippen LogP contribution in [-0.2, 0) is 10.1 Å². The zero-order valence-corrected chi connectivity index (χ0v) is 11.0. The van der Waals surface area contributed by atoms with Gasteiger partial charge in [0.1, 0.15) is 10.1 Å². The third-order valence-electron chi connectivity index (χ3n) is 1.70. The second-order valence-corrected chi connectivity index (χ2v) is 4.03. The fraction of sp³-hybridized carbons (Fsp3) is 0.111. The first-order valence-electron chi connectivity index (χ1n) is 3.64. The van der Waals surface area contributed by atoms with E-state index in [0.29, 0.717) is 5.56 Å². The van der Waals surface area contributed by atoms with Gasteiger partial charge in [0.25, 0.3) is 0 Å². The maximum atomic E-state index is 10.7. The minimum atomic E-state index is -4.34. The van der Waals surface area contributed by atoms with Crippen molar-refractivity contribution in [3.63, 3.8) is 0 Å². The summed E-state index contributed by atoms with van der Waals surface area (Å²) in [5, 5.41) is 0. The Kier molecular flexibility index (Phi) is 5.05. The summed E-state index contributed by atoms with van der Waals surface area (Å²) < 4.78 is 32.0. The first-order chi connectivity index (χ1) is 5.95. The third-order valence-corrected chi connectivity index (χ3v) is 2.70. The second kappa shape index (κ2) is 5.09. The van der Waals surface area contributed by atoms with Gasteiger partial charge in [-0.05, 0) is 24.1 Å². The van der Waals surface area contributed by atoms with Crippen LogP contribution in [0.1, 0.15) is 11.1 Å². The summed E-state index contributed by atoms with van der Waals surface area (Å²) in [6.07, 6.45) is 1.59. The molecule has 0 fully saturated rings. The van der Waals surface area contributed by atoms with E-state index in [1.165, 1.54) is 6.07 Å². The summed E-state index contributed by atoms with van der Waals surface area (Å²) in [5.41, 5.74) is 1.25. The standard InChI is InChI=1S/C9H10O3S.Na/c1-3-8-4-5-9(7(2)6-8)13(10,11)12;/h3-6H,1H2,2H3,(H,10,11,12);/q;+1/p-1. The van der Waals surface area contributed by atoms with Crippen LogP contribution < -0.4 is 29.6 Å². The molecule has 1 rings (SSSR count). The van der Waals surface area contributed by atoms with Crippen molar-refractivity contribution >= 4 is 16.2 Å². The fourth-order valence-electron chi connectivity index (χ4n) is 1.08. The first-order valence-corrected chi connectivity index (χ1v) is 5.05. The SMILES string of the molecule is C=Cc1ccc(S(=O)(=O)[O-])c(C)c1.[Na+]. The maximum absolute atomic E-state index is 10.7. The molecular formula is C9H9NaO3S. The number of hydrogen-bond acceptors (Lipinski definition) is 3. The summed E-state index contributed by atoms with van der Waals surface area (Å²) in [4.78, 5) is -0.168. The van der Waals surface area contributed by atoms with E-state index >= 15 is 0 Å². The quantitative estimate of drug-likeness (QED) is 0.452. The van der Waals surface area contributed by atoms with Gasteiger partial charge in [0.2, 0.25) is 0 Å². The van der Waals surface area contributed by atoms with Crippen LogP contribution >= 0.6 is 0 Å². The van der Waals surface area contributed by atoms with Crippen molar-refractivity contribution < 1.29 is 42.5 Å². The summed E-state index contributed by atoms with van der Waals surface area (Å²) >= 11 is 0. The van der Waals surface area contributed by atoms with Crippen LogP contribution in [-0.4, -0.2) is 13.0 Å². The average Bonchev–Trinajstić information content (AvgIpc) is 2.01. The van der Waals surface area contributed by atoms with Gasteiger partial charge in [0.05, 0.1) is 4.90 Å². The van der Waals surface area contributed by atoms with Crippen LogP contribution in [0.5, 0.6) is 0 Å². The predicted molar refractivity (Wildman–Crippen MR) is 49.2 cm³/mol. The summed E-state index contributed by atoms with van der Waals surface area (Å²) in [7, 11) is -4.34. The van der Waals surface area contributed by atoms with E-state index in [2.05, 4.69) is 6.58 Å². The molecule has 0 heterocycles. The van der Waals surface area contributed by atoms with E-state index in [1.54, 1.807) is 25.1 Å². The van der Waals surface area contributed by atoms with Gasteiger partial charge in [-0.3, -0.25) is 0 Å². The molecule has 0 unspecified atom stereocenters. The Hall–Kier alpha value is -0.130. The van der Waals surface area contributed by atoms with Crippen molar-refractivity contribution in [2.75, 3.05) is 0 Å². The van der Waals surface area contributed by atoms with Gasteiger partial charge in [-0.2, -0.15) is 0 Å². The molecule has 70 valence electrons. The van der Waals surface area contributed by atoms with Gasteiger partial charge < -0.3 is 4.55 Å². The van der Waals surface area contributed by atoms with E-state index in [4.69, 9.17) is 0 Å². The van der Waals surface area contributed by atoms with Crippen LogP contribution in [0.15, 0.2) is 29.7 Å². The summed E-state index contributed by atoms with van der Waals surface area (Å²) in [5.74, 6) is 0. The van der Waals surface area contributed by atoms with E-state index in [9.17, 15) is 13.0 Å².